The molecule has 0 spiro atoms. The highest BCUT2D eigenvalue weighted by atomic mass is 16.5. The summed E-state index contributed by atoms with van der Waals surface area (Å²) >= 11 is 0. The van der Waals surface area contributed by atoms with Crippen molar-refractivity contribution < 1.29 is 14.3 Å². The Hall–Kier alpha value is -1.59. The van der Waals surface area contributed by atoms with Crippen LogP contribution in [0.15, 0.2) is 24.3 Å². The topological polar surface area (TPSA) is 50.8 Å². The summed E-state index contributed by atoms with van der Waals surface area (Å²) in [6.45, 7) is 8.49. The third kappa shape index (κ3) is 5.45. The molecule has 2 fully saturated rings. The summed E-state index contributed by atoms with van der Waals surface area (Å²) in [5.41, 5.74) is 0.0419. The lowest BCUT2D eigenvalue weighted by Crippen LogP contribution is -2.43. The van der Waals surface area contributed by atoms with Crippen LogP contribution in [0.3, 0.4) is 0 Å². The van der Waals surface area contributed by atoms with Crippen LogP contribution in [0.1, 0.15) is 46.0 Å². The lowest BCUT2D eigenvalue weighted by atomic mass is 9.99. The van der Waals surface area contributed by atoms with E-state index in [0.717, 1.165) is 49.8 Å². The van der Waals surface area contributed by atoms with Gasteiger partial charge in [0.25, 0.3) is 5.91 Å². The van der Waals surface area contributed by atoms with E-state index in [1.165, 1.54) is 25.9 Å². The van der Waals surface area contributed by atoms with Gasteiger partial charge in [0.1, 0.15) is 11.4 Å². The van der Waals surface area contributed by atoms with Crippen molar-refractivity contribution in [3.05, 3.63) is 24.3 Å². The average molecular weight is 375 g/mol. The van der Waals surface area contributed by atoms with Gasteiger partial charge in [0.05, 0.1) is 6.61 Å². The molecule has 1 saturated heterocycles. The van der Waals surface area contributed by atoms with Gasteiger partial charge in [-0.05, 0) is 88.2 Å². The summed E-state index contributed by atoms with van der Waals surface area (Å²) in [4.78, 5) is 15.1. The van der Waals surface area contributed by atoms with Crippen LogP contribution in [0.4, 0.5) is 5.69 Å². The predicted octanol–water partition coefficient (Wildman–Crippen LogP) is 3.94. The van der Waals surface area contributed by atoms with Gasteiger partial charge in [-0.1, -0.05) is 6.92 Å². The van der Waals surface area contributed by atoms with Crippen molar-refractivity contribution in [1.29, 1.82) is 0 Å². The second-order valence-corrected chi connectivity index (χ2v) is 8.29. The van der Waals surface area contributed by atoms with Gasteiger partial charge in [0.2, 0.25) is 0 Å². The van der Waals surface area contributed by atoms with E-state index in [4.69, 9.17) is 9.47 Å². The van der Waals surface area contributed by atoms with Gasteiger partial charge < -0.3 is 19.7 Å². The van der Waals surface area contributed by atoms with Gasteiger partial charge in [0, 0.05) is 19.3 Å². The zero-order valence-corrected chi connectivity index (χ0v) is 17.0. The normalized spacial score (nSPS) is 20.9. The van der Waals surface area contributed by atoms with Gasteiger partial charge in [0.15, 0.2) is 0 Å². The van der Waals surface area contributed by atoms with Crippen LogP contribution in [-0.4, -0.2) is 49.8 Å². The molecular formula is C22H34N2O3. The van der Waals surface area contributed by atoms with Crippen molar-refractivity contribution in [2.45, 2.75) is 51.6 Å². The summed E-state index contributed by atoms with van der Waals surface area (Å²) in [6, 6.07) is 7.61. The third-order valence-corrected chi connectivity index (χ3v) is 6.11. The fraction of sp³-hybridized carbons (Fsp3) is 0.682. The summed E-state index contributed by atoms with van der Waals surface area (Å²) < 4.78 is 11.4. The second kappa shape index (κ2) is 9.07. The number of amides is 1. The first-order valence-electron chi connectivity index (χ1n) is 10.3. The van der Waals surface area contributed by atoms with E-state index >= 15 is 0 Å². The first-order valence-corrected chi connectivity index (χ1v) is 10.3. The van der Waals surface area contributed by atoms with E-state index in [0.29, 0.717) is 5.92 Å². The molecule has 3 rings (SSSR count). The van der Waals surface area contributed by atoms with Crippen molar-refractivity contribution in [2.24, 2.45) is 11.8 Å². The minimum atomic E-state index is -0.735. The van der Waals surface area contributed by atoms with E-state index in [2.05, 4.69) is 17.1 Å². The second-order valence-electron chi connectivity index (χ2n) is 8.29. The number of benzene rings is 1. The SMILES string of the molecule is COC(C)(C(=O)Nc1ccc(OCCCN2CCC(C)CC2)cc1)C1CC1. The first-order chi connectivity index (χ1) is 13.0. The molecule has 1 atom stereocenters. The fourth-order valence-electron chi connectivity index (χ4n) is 3.73. The number of nitrogens with one attached hydrogen (secondary N) is 1. The summed E-state index contributed by atoms with van der Waals surface area (Å²) in [6.07, 6.45) is 5.79. The predicted molar refractivity (Wildman–Crippen MR) is 108 cm³/mol. The van der Waals surface area contributed by atoms with Gasteiger partial charge in [-0.3, -0.25) is 4.79 Å². The molecule has 0 radical (unpaired) electrons. The molecule has 1 heterocycles. The molecule has 1 amide bonds. The van der Waals surface area contributed by atoms with E-state index in [1.54, 1.807) is 7.11 Å². The number of carbonyl (C=O) groups is 1. The number of piperidine rings is 1. The van der Waals surface area contributed by atoms with E-state index in [1.807, 2.05) is 31.2 Å². The lowest BCUT2D eigenvalue weighted by Gasteiger charge is -2.30. The van der Waals surface area contributed by atoms with Gasteiger partial charge in [-0.2, -0.15) is 0 Å². The fourth-order valence-corrected chi connectivity index (χ4v) is 3.73. The van der Waals surface area contributed by atoms with Crippen molar-refractivity contribution in [3.63, 3.8) is 0 Å². The van der Waals surface area contributed by atoms with Crippen LogP contribution >= 0.6 is 0 Å². The van der Waals surface area contributed by atoms with Crippen LogP contribution in [0.5, 0.6) is 5.75 Å². The zero-order valence-electron chi connectivity index (χ0n) is 17.0. The highest BCUT2D eigenvalue weighted by Gasteiger charge is 2.47. The number of hydrogen-bond acceptors (Lipinski definition) is 4. The molecule has 5 nitrogen and oxygen atoms in total. The van der Waals surface area contributed by atoms with Crippen LogP contribution in [-0.2, 0) is 9.53 Å². The quantitative estimate of drug-likeness (QED) is 0.665. The summed E-state index contributed by atoms with van der Waals surface area (Å²) in [5.74, 6) is 1.98. The maximum Gasteiger partial charge on any atom is 0.256 e. The molecule has 27 heavy (non-hydrogen) atoms. The van der Waals surface area contributed by atoms with Crippen LogP contribution in [0, 0.1) is 11.8 Å². The van der Waals surface area contributed by atoms with Crippen molar-refractivity contribution in [3.8, 4) is 5.75 Å². The Kier molecular flexibility index (Phi) is 6.77. The first kappa shape index (κ1) is 20.2. The Morgan fingerprint density at radius 1 is 1.19 bits per heavy atom. The zero-order chi connectivity index (χ0) is 19.3. The maximum absolute atomic E-state index is 12.5. The largest absolute Gasteiger partial charge is 0.494 e. The third-order valence-electron chi connectivity index (χ3n) is 6.11. The Labute approximate surface area is 163 Å². The molecule has 1 aliphatic heterocycles. The summed E-state index contributed by atoms with van der Waals surface area (Å²) in [7, 11) is 1.61. The molecule has 1 unspecified atom stereocenters. The van der Waals surface area contributed by atoms with Crippen molar-refractivity contribution in [2.75, 3.05) is 38.7 Å². The highest BCUT2D eigenvalue weighted by molar-refractivity contribution is 5.97. The number of likely N-dealkylation sites (tertiary alicyclic amines) is 1. The van der Waals surface area contributed by atoms with Crippen LogP contribution in [0.2, 0.25) is 0 Å². The minimum absolute atomic E-state index is 0.0722. The summed E-state index contributed by atoms with van der Waals surface area (Å²) in [5, 5.41) is 2.97. The molecule has 0 aromatic heterocycles. The minimum Gasteiger partial charge on any atom is -0.494 e. The highest BCUT2D eigenvalue weighted by Crippen LogP contribution is 2.42. The van der Waals surface area contributed by atoms with E-state index < -0.39 is 5.60 Å². The number of anilines is 1. The molecule has 1 aromatic carbocycles. The Bertz CT molecular complexity index is 606. The number of ether oxygens (including phenoxy) is 2. The Morgan fingerprint density at radius 3 is 2.44 bits per heavy atom. The van der Waals surface area contributed by atoms with Gasteiger partial charge in [-0.15, -0.1) is 0 Å². The molecule has 1 N–H and O–H groups in total. The maximum atomic E-state index is 12.5. The van der Waals surface area contributed by atoms with Crippen LogP contribution in [0.25, 0.3) is 0 Å². The average Bonchev–Trinajstić information content (AvgIpc) is 3.53. The molecule has 150 valence electrons. The number of nitrogens with zero attached hydrogens (tertiary/aromatic N) is 1. The smallest absolute Gasteiger partial charge is 0.256 e. The monoisotopic (exact) mass is 374 g/mol. The number of carbonyl (C=O) groups excluding carboxylic acids is 1. The Balaban J connectivity index is 1.39. The van der Waals surface area contributed by atoms with Crippen molar-refractivity contribution in [1.82, 2.24) is 4.90 Å². The number of hydrogen-bond donors (Lipinski definition) is 1. The van der Waals surface area contributed by atoms with Crippen molar-refractivity contribution >= 4 is 11.6 Å². The number of rotatable bonds is 9. The molecule has 1 aromatic rings. The number of methoxy groups -OCH3 is 1. The standard InChI is InChI=1S/C22H34N2O3/c1-17-11-14-24(15-12-17)13-4-16-27-20-9-7-19(8-10-20)23-21(25)22(2,26-3)18-5-6-18/h7-10,17-18H,4-6,11-16H2,1-3H3,(H,23,25). The Morgan fingerprint density at radius 2 is 1.85 bits per heavy atom. The molecule has 1 saturated carbocycles. The van der Waals surface area contributed by atoms with E-state index in [-0.39, 0.29) is 5.91 Å². The van der Waals surface area contributed by atoms with E-state index in [9.17, 15) is 4.79 Å². The molecule has 1 aliphatic carbocycles. The van der Waals surface area contributed by atoms with Gasteiger partial charge >= 0.3 is 0 Å². The molecular weight excluding hydrogens is 340 g/mol. The lowest BCUT2D eigenvalue weighted by molar-refractivity contribution is -0.138. The van der Waals surface area contributed by atoms with Crippen LogP contribution < -0.4 is 10.1 Å². The molecule has 0 bridgehead atoms. The molecule has 5 heteroatoms. The molecule has 2 aliphatic rings. The van der Waals surface area contributed by atoms with Gasteiger partial charge in [-0.25, -0.2) is 0 Å².